The number of nitrogens with one attached hydrogen (secondary N) is 1. The van der Waals surface area contributed by atoms with Gasteiger partial charge in [0.25, 0.3) is 0 Å². The number of rotatable bonds is 7. The summed E-state index contributed by atoms with van der Waals surface area (Å²) in [6.07, 6.45) is -0.0465. The average Bonchev–Trinajstić information content (AvgIpc) is 2.53. The summed E-state index contributed by atoms with van der Waals surface area (Å²) in [6, 6.07) is 16.1. The fourth-order valence-electron chi connectivity index (χ4n) is 2.15. The summed E-state index contributed by atoms with van der Waals surface area (Å²) >= 11 is 3.44. The third-order valence-corrected chi connectivity index (χ3v) is 3.77. The largest absolute Gasteiger partial charge is 0.496 e. The minimum atomic E-state index is -0.0465. The van der Waals surface area contributed by atoms with Crippen molar-refractivity contribution in [1.82, 2.24) is 5.32 Å². The van der Waals surface area contributed by atoms with Gasteiger partial charge in [-0.05, 0) is 30.8 Å². The van der Waals surface area contributed by atoms with Crippen LogP contribution in [0, 0.1) is 0 Å². The summed E-state index contributed by atoms with van der Waals surface area (Å²) in [6.45, 7) is 1.30. The molecule has 0 aromatic heterocycles. The van der Waals surface area contributed by atoms with E-state index in [0.29, 0.717) is 6.61 Å². The average molecular weight is 350 g/mol. The molecule has 0 aliphatic rings. The molecule has 1 N–H and O–H groups in total. The number of hydrogen-bond acceptors (Lipinski definition) is 3. The number of hydrogen-bond donors (Lipinski definition) is 1. The minimum Gasteiger partial charge on any atom is -0.496 e. The number of likely N-dealkylation sites (N-methyl/N-ethyl adjacent to an activating group) is 1. The number of methoxy groups -OCH3 is 1. The Balaban J connectivity index is 2.10. The van der Waals surface area contributed by atoms with E-state index in [-0.39, 0.29) is 6.10 Å². The van der Waals surface area contributed by atoms with Crippen LogP contribution in [0.15, 0.2) is 53.0 Å². The summed E-state index contributed by atoms with van der Waals surface area (Å²) in [4.78, 5) is 0. The second-order valence-corrected chi connectivity index (χ2v) is 5.64. The molecular weight excluding hydrogens is 330 g/mol. The number of para-hydroxylation sites is 1. The van der Waals surface area contributed by atoms with Crippen LogP contribution in [-0.4, -0.2) is 20.7 Å². The van der Waals surface area contributed by atoms with Crippen molar-refractivity contribution < 1.29 is 9.47 Å². The summed E-state index contributed by atoms with van der Waals surface area (Å²) < 4.78 is 12.6. The van der Waals surface area contributed by atoms with Gasteiger partial charge in [0.15, 0.2) is 0 Å². The molecule has 4 heteroatoms. The third kappa shape index (κ3) is 4.56. The first-order valence-corrected chi connectivity index (χ1v) is 7.67. The highest BCUT2D eigenvalue weighted by atomic mass is 79.9. The van der Waals surface area contributed by atoms with Crippen LogP contribution in [0.3, 0.4) is 0 Å². The standard InChI is InChI=1S/C17H20BrNO2/c1-19-11-17(15-5-3-4-6-16(15)20-2)21-12-13-7-9-14(18)10-8-13/h3-10,17,19H,11-12H2,1-2H3. The summed E-state index contributed by atoms with van der Waals surface area (Å²) in [5.41, 5.74) is 2.21. The van der Waals surface area contributed by atoms with Crippen LogP contribution in [0.2, 0.25) is 0 Å². The van der Waals surface area contributed by atoms with Gasteiger partial charge >= 0.3 is 0 Å². The second-order valence-electron chi connectivity index (χ2n) is 4.73. The fraction of sp³-hybridized carbons (Fsp3) is 0.294. The summed E-state index contributed by atoms with van der Waals surface area (Å²) in [7, 11) is 3.61. The van der Waals surface area contributed by atoms with Crippen LogP contribution in [0.4, 0.5) is 0 Å². The molecule has 0 saturated carbocycles. The highest BCUT2D eigenvalue weighted by Gasteiger charge is 2.15. The Bertz CT molecular complexity index is 557. The summed E-state index contributed by atoms with van der Waals surface area (Å²) in [5.74, 6) is 0.855. The quantitative estimate of drug-likeness (QED) is 0.821. The molecule has 2 aromatic carbocycles. The van der Waals surface area contributed by atoms with Crippen molar-refractivity contribution in [3.05, 3.63) is 64.1 Å². The van der Waals surface area contributed by atoms with Gasteiger partial charge in [0.1, 0.15) is 5.75 Å². The molecular formula is C17H20BrNO2. The molecule has 21 heavy (non-hydrogen) atoms. The van der Waals surface area contributed by atoms with Gasteiger partial charge < -0.3 is 14.8 Å². The Hall–Kier alpha value is -1.36. The lowest BCUT2D eigenvalue weighted by Crippen LogP contribution is -2.20. The van der Waals surface area contributed by atoms with Crippen molar-refractivity contribution in [1.29, 1.82) is 0 Å². The molecule has 1 atom stereocenters. The monoisotopic (exact) mass is 349 g/mol. The molecule has 0 aliphatic carbocycles. The SMILES string of the molecule is CNCC(OCc1ccc(Br)cc1)c1ccccc1OC. The van der Waals surface area contributed by atoms with Crippen LogP contribution < -0.4 is 10.1 Å². The highest BCUT2D eigenvalue weighted by Crippen LogP contribution is 2.28. The molecule has 0 fully saturated rings. The van der Waals surface area contributed by atoms with E-state index in [1.54, 1.807) is 7.11 Å². The van der Waals surface area contributed by atoms with E-state index >= 15 is 0 Å². The van der Waals surface area contributed by atoms with Gasteiger partial charge in [-0.25, -0.2) is 0 Å². The van der Waals surface area contributed by atoms with Gasteiger partial charge in [-0.3, -0.25) is 0 Å². The lowest BCUT2D eigenvalue weighted by molar-refractivity contribution is 0.0395. The Morgan fingerprint density at radius 1 is 1.10 bits per heavy atom. The van der Waals surface area contributed by atoms with Gasteiger partial charge in [0, 0.05) is 16.6 Å². The van der Waals surface area contributed by atoms with Crippen LogP contribution >= 0.6 is 15.9 Å². The number of benzene rings is 2. The van der Waals surface area contributed by atoms with E-state index < -0.39 is 0 Å². The topological polar surface area (TPSA) is 30.5 Å². The predicted molar refractivity (Wildman–Crippen MR) is 88.6 cm³/mol. The molecule has 0 bridgehead atoms. The van der Waals surface area contributed by atoms with Crippen molar-refractivity contribution >= 4 is 15.9 Å². The van der Waals surface area contributed by atoms with Crippen molar-refractivity contribution in [2.75, 3.05) is 20.7 Å². The number of ether oxygens (including phenoxy) is 2. The molecule has 0 aliphatic heterocycles. The number of halogens is 1. The zero-order valence-electron chi connectivity index (χ0n) is 12.3. The van der Waals surface area contributed by atoms with Gasteiger partial charge in [0.05, 0.1) is 19.8 Å². The van der Waals surface area contributed by atoms with E-state index in [4.69, 9.17) is 9.47 Å². The molecule has 0 spiro atoms. The van der Waals surface area contributed by atoms with E-state index in [1.165, 1.54) is 0 Å². The third-order valence-electron chi connectivity index (χ3n) is 3.24. The molecule has 2 aromatic rings. The van der Waals surface area contributed by atoms with E-state index in [2.05, 4.69) is 33.4 Å². The Labute approximate surface area is 134 Å². The van der Waals surface area contributed by atoms with Crippen molar-refractivity contribution in [3.63, 3.8) is 0 Å². The molecule has 0 amide bonds. The lowest BCUT2D eigenvalue weighted by Gasteiger charge is -2.20. The van der Waals surface area contributed by atoms with Crippen LogP contribution in [0.5, 0.6) is 5.75 Å². The van der Waals surface area contributed by atoms with Crippen molar-refractivity contribution in [2.24, 2.45) is 0 Å². The van der Waals surface area contributed by atoms with Gasteiger partial charge in [-0.15, -0.1) is 0 Å². The first-order valence-electron chi connectivity index (χ1n) is 6.88. The molecule has 0 radical (unpaired) electrons. The van der Waals surface area contributed by atoms with Gasteiger partial charge in [-0.1, -0.05) is 46.3 Å². The Morgan fingerprint density at radius 2 is 1.81 bits per heavy atom. The van der Waals surface area contributed by atoms with E-state index in [0.717, 1.165) is 27.9 Å². The maximum Gasteiger partial charge on any atom is 0.124 e. The predicted octanol–water partition coefficient (Wildman–Crippen LogP) is 3.94. The second kappa shape index (κ2) is 8.17. The van der Waals surface area contributed by atoms with Crippen molar-refractivity contribution in [3.8, 4) is 5.75 Å². The maximum absolute atomic E-state index is 6.08. The van der Waals surface area contributed by atoms with Crippen LogP contribution in [0.25, 0.3) is 0 Å². The zero-order valence-corrected chi connectivity index (χ0v) is 13.9. The Kier molecular flexibility index (Phi) is 6.23. The first kappa shape index (κ1) is 16.0. The molecule has 112 valence electrons. The molecule has 1 unspecified atom stereocenters. The maximum atomic E-state index is 6.08. The van der Waals surface area contributed by atoms with Crippen LogP contribution in [0.1, 0.15) is 17.2 Å². The zero-order chi connectivity index (χ0) is 15.1. The van der Waals surface area contributed by atoms with Crippen molar-refractivity contribution in [2.45, 2.75) is 12.7 Å². The normalized spacial score (nSPS) is 12.1. The first-order chi connectivity index (χ1) is 10.2. The Morgan fingerprint density at radius 3 is 2.48 bits per heavy atom. The van der Waals surface area contributed by atoms with Gasteiger partial charge in [-0.2, -0.15) is 0 Å². The van der Waals surface area contributed by atoms with E-state index in [9.17, 15) is 0 Å². The smallest absolute Gasteiger partial charge is 0.124 e. The van der Waals surface area contributed by atoms with E-state index in [1.807, 2.05) is 43.4 Å². The molecule has 2 rings (SSSR count). The molecule has 0 heterocycles. The van der Waals surface area contributed by atoms with Crippen LogP contribution in [-0.2, 0) is 11.3 Å². The lowest BCUT2D eigenvalue weighted by atomic mass is 10.1. The minimum absolute atomic E-state index is 0.0465. The molecule has 3 nitrogen and oxygen atoms in total. The van der Waals surface area contributed by atoms with Gasteiger partial charge in [0.2, 0.25) is 0 Å². The fourth-order valence-corrected chi connectivity index (χ4v) is 2.42. The molecule has 0 saturated heterocycles. The summed E-state index contributed by atoms with van der Waals surface area (Å²) in [5, 5.41) is 3.17. The highest BCUT2D eigenvalue weighted by molar-refractivity contribution is 9.10.